The maximum Gasteiger partial charge on any atom is 0.228 e. The number of fused-ring (bicyclic) bond motifs is 1. The minimum Gasteiger partial charge on any atom is -0.325 e. The number of hydrogen-bond acceptors (Lipinski definition) is 2. The fraction of sp³-hybridized carbons (Fsp3) is 0.462. The Kier molecular flexibility index (Phi) is 3.40. The SMILES string of the molecule is CCCC(N)c1cc2c(c(C)c1Cl)NC(=O)C2. The van der Waals surface area contributed by atoms with E-state index in [1.54, 1.807) is 0 Å². The van der Waals surface area contributed by atoms with Gasteiger partial charge in [0.15, 0.2) is 0 Å². The summed E-state index contributed by atoms with van der Waals surface area (Å²) in [5.74, 6) is 0.0281. The molecule has 1 aliphatic rings. The highest BCUT2D eigenvalue weighted by molar-refractivity contribution is 6.33. The predicted octanol–water partition coefficient (Wildman–Crippen LogP) is 2.94. The monoisotopic (exact) mass is 252 g/mol. The van der Waals surface area contributed by atoms with Crippen molar-refractivity contribution in [1.29, 1.82) is 0 Å². The zero-order valence-corrected chi connectivity index (χ0v) is 10.9. The van der Waals surface area contributed by atoms with Crippen molar-refractivity contribution in [2.24, 2.45) is 5.73 Å². The summed E-state index contributed by atoms with van der Waals surface area (Å²) in [5, 5.41) is 3.53. The van der Waals surface area contributed by atoms with Crippen LogP contribution in [0.25, 0.3) is 0 Å². The molecule has 1 unspecified atom stereocenters. The van der Waals surface area contributed by atoms with E-state index in [4.69, 9.17) is 17.3 Å². The Morgan fingerprint density at radius 3 is 2.94 bits per heavy atom. The third kappa shape index (κ3) is 2.17. The van der Waals surface area contributed by atoms with E-state index in [1.165, 1.54) is 0 Å². The molecular weight excluding hydrogens is 236 g/mol. The first-order valence-electron chi connectivity index (χ1n) is 5.91. The lowest BCUT2D eigenvalue weighted by molar-refractivity contribution is -0.115. The van der Waals surface area contributed by atoms with Crippen molar-refractivity contribution in [3.05, 3.63) is 27.8 Å². The van der Waals surface area contributed by atoms with Gasteiger partial charge < -0.3 is 11.1 Å². The smallest absolute Gasteiger partial charge is 0.228 e. The molecule has 0 bridgehead atoms. The molecule has 3 N–H and O–H groups in total. The Bertz CT molecular complexity index is 471. The molecule has 0 saturated carbocycles. The third-order valence-corrected chi connectivity index (χ3v) is 3.72. The summed E-state index contributed by atoms with van der Waals surface area (Å²) in [6, 6.07) is 1.93. The number of amides is 1. The summed E-state index contributed by atoms with van der Waals surface area (Å²) in [4.78, 5) is 11.4. The fourth-order valence-electron chi connectivity index (χ4n) is 2.30. The number of halogens is 1. The molecule has 1 aliphatic heterocycles. The quantitative estimate of drug-likeness (QED) is 0.869. The van der Waals surface area contributed by atoms with Gasteiger partial charge in [-0.2, -0.15) is 0 Å². The molecule has 3 nitrogen and oxygen atoms in total. The topological polar surface area (TPSA) is 55.1 Å². The average Bonchev–Trinajstić information content (AvgIpc) is 2.65. The van der Waals surface area contributed by atoms with E-state index in [0.717, 1.165) is 35.2 Å². The first-order valence-corrected chi connectivity index (χ1v) is 6.29. The molecule has 4 heteroatoms. The summed E-state index contributed by atoms with van der Waals surface area (Å²) >= 11 is 6.32. The van der Waals surface area contributed by atoms with Crippen molar-refractivity contribution >= 4 is 23.2 Å². The van der Waals surface area contributed by atoms with Crippen LogP contribution in [-0.2, 0) is 11.2 Å². The molecule has 1 aromatic rings. The van der Waals surface area contributed by atoms with Crippen LogP contribution < -0.4 is 11.1 Å². The zero-order valence-electron chi connectivity index (χ0n) is 10.1. The van der Waals surface area contributed by atoms with Crippen LogP contribution in [0.4, 0.5) is 5.69 Å². The second-order valence-electron chi connectivity index (χ2n) is 4.56. The number of hydrogen-bond donors (Lipinski definition) is 2. The molecule has 1 aromatic carbocycles. The number of benzene rings is 1. The second-order valence-corrected chi connectivity index (χ2v) is 4.94. The highest BCUT2D eigenvalue weighted by Crippen LogP contribution is 2.37. The van der Waals surface area contributed by atoms with Crippen molar-refractivity contribution in [3.8, 4) is 0 Å². The van der Waals surface area contributed by atoms with E-state index < -0.39 is 0 Å². The molecule has 1 heterocycles. The Labute approximate surface area is 106 Å². The molecule has 1 atom stereocenters. The minimum absolute atomic E-state index is 0.0281. The van der Waals surface area contributed by atoms with Gasteiger partial charge in [-0.1, -0.05) is 31.0 Å². The van der Waals surface area contributed by atoms with Crippen LogP contribution in [-0.4, -0.2) is 5.91 Å². The third-order valence-electron chi connectivity index (χ3n) is 3.22. The van der Waals surface area contributed by atoms with Crippen molar-refractivity contribution in [2.45, 2.75) is 39.2 Å². The average molecular weight is 253 g/mol. The van der Waals surface area contributed by atoms with Crippen molar-refractivity contribution < 1.29 is 4.79 Å². The van der Waals surface area contributed by atoms with Crippen LogP contribution in [0.3, 0.4) is 0 Å². The Hall–Kier alpha value is -1.06. The molecule has 92 valence electrons. The largest absolute Gasteiger partial charge is 0.325 e. The van der Waals surface area contributed by atoms with Gasteiger partial charge in [0.2, 0.25) is 5.91 Å². The summed E-state index contributed by atoms with van der Waals surface area (Å²) in [6.07, 6.45) is 2.35. The number of anilines is 1. The summed E-state index contributed by atoms with van der Waals surface area (Å²) in [5.41, 5.74) is 9.88. The maximum absolute atomic E-state index is 11.4. The van der Waals surface area contributed by atoms with E-state index in [1.807, 2.05) is 13.0 Å². The van der Waals surface area contributed by atoms with Crippen molar-refractivity contribution in [3.63, 3.8) is 0 Å². The Morgan fingerprint density at radius 1 is 1.59 bits per heavy atom. The first kappa shape index (κ1) is 12.4. The second kappa shape index (κ2) is 4.67. The molecule has 2 rings (SSSR count). The summed E-state index contributed by atoms with van der Waals surface area (Å²) < 4.78 is 0. The fourth-order valence-corrected chi connectivity index (χ4v) is 2.59. The standard InChI is InChI=1S/C13H17ClN2O/c1-3-4-10(15)9-5-8-6-11(17)16-13(8)7(2)12(9)14/h5,10H,3-4,6,15H2,1-2H3,(H,16,17). The van der Waals surface area contributed by atoms with Crippen molar-refractivity contribution in [2.75, 3.05) is 5.32 Å². The lowest BCUT2D eigenvalue weighted by Gasteiger charge is -2.17. The molecule has 1 amide bonds. The van der Waals surface area contributed by atoms with Crippen LogP contribution in [0.5, 0.6) is 0 Å². The van der Waals surface area contributed by atoms with E-state index in [9.17, 15) is 4.79 Å². The Balaban J connectivity index is 2.46. The first-order chi connectivity index (χ1) is 8.04. The van der Waals surface area contributed by atoms with Crippen LogP contribution in [0.15, 0.2) is 6.07 Å². The molecule has 0 spiro atoms. The number of rotatable bonds is 3. The van der Waals surface area contributed by atoms with Gasteiger partial charge >= 0.3 is 0 Å². The lowest BCUT2D eigenvalue weighted by Crippen LogP contribution is -2.11. The van der Waals surface area contributed by atoms with Gasteiger partial charge in [0.25, 0.3) is 0 Å². The van der Waals surface area contributed by atoms with E-state index in [-0.39, 0.29) is 11.9 Å². The van der Waals surface area contributed by atoms with E-state index in [2.05, 4.69) is 12.2 Å². The molecule has 0 fully saturated rings. The lowest BCUT2D eigenvalue weighted by atomic mass is 9.96. The molecule has 17 heavy (non-hydrogen) atoms. The molecular formula is C13H17ClN2O. The highest BCUT2D eigenvalue weighted by Gasteiger charge is 2.24. The van der Waals surface area contributed by atoms with Gasteiger partial charge in [0.1, 0.15) is 0 Å². The minimum atomic E-state index is -0.0489. The zero-order chi connectivity index (χ0) is 12.6. The number of nitrogens with two attached hydrogens (primary N) is 1. The van der Waals surface area contributed by atoms with Gasteiger partial charge in [-0.3, -0.25) is 4.79 Å². The van der Waals surface area contributed by atoms with Crippen LogP contribution in [0.2, 0.25) is 5.02 Å². The van der Waals surface area contributed by atoms with E-state index in [0.29, 0.717) is 11.4 Å². The predicted molar refractivity (Wildman–Crippen MR) is 70.4 cm³/mol. The molecule has 0 aromatic heterocycles. The van der Waals surface area contributed by atoms with Crippen LogP contribution >= 0.6 is 11.6 Å². The van der Waals surface area contributed by atoms with Gasteiger partial charge in [-0.25, -0.2) is 0 Å². The number of carbonyl (C=O) groups is 1. The van der Waals surface area contributed by atoms with Crippen LogP contribution in [0, 0.1) is 6.92 Å². The summed E-state index contributed by atoms with van der Waals surface area (Å²) in [6.45, 7) is 4.02. The van der Waals surface area contributed by atoms with Gasteiger partial charge in [-0.05, 0) is 30.0 Å². The van der Waals surface area contributed by atoms with Gasteiger partial charge in [0, 0.05) is 11.7 Å². The van der Waals surface area contributed by atoms with Gasteiger partial charge in [-0.15, -0.1) is 0 Å². The number of carbonyl (C=O) groups excluding carboxylic acids is 1. The van der Waals surface area contributed by atoms with Gasteiger partial charge in [0.05, 0.1) is 11.4 Å². The molecule has 0 radical (unpaired) electrons. The number of nitrogens with one attached hydrogen (secondary N) is 1. The normalized spacial score (nSPS) is 15.6. The maximum atomic E-state index is 11.4. The van der Waals surface area contributed by atoms with Crippen LogP contribution in [0.1, 0.15) is 42.5 Å². The molecule has 0 saturated heterocycles. The molecule has 0 aliphatic carbocycles. The van der Waals surface area contributed by atoms with E-state index >= 15 is 0 Å². The van der Waals surface area contributed by atoms with Crippen molar-refractivity contribution in [1.82, 2.24) is 0 Å². The summed E-state index contributed by atoms with van der Waals surface area (Å²) in [7, 11) is 0. The Morgan fingerprint density at radius 2 is 2.29 bits per heavy atom. The highest BCUT2D eigenvalue weighted by atomic mass is 35.5.